The Hall–Kier alpha value is -2.47. The number of imide groups is 1. The van der Waals surface area contributed by atoms with Crippen LogP contribution in [0.5, 0.6) is 0 Å². The largest absolute Gasteiger partial charge is 0.288 e. The molecule has 144 valence electrons. The lowest BCUT2D eigenvalue weighted by Gasteiger charge is -2.23. The number of carbonyl (C=O) groups is 2. The van der Waals surface area contributed by atoms with Crippen LogP contribution in [0.3, 0.4) is 0 Å². The van der Waals surface area contributed by atoms with Crippen molar-refractivity contribution >= 4 is 34.8 Å². The highest BCUT2D eigenvalue weighted by atomic mass is 35.5. The number of nitro groups is 1. The van der Waals surface area contributed by atoms with E-state index >= 15 is 0 Å². The molecule has 7 heteroatoms. The van der Waals surface area contributed by atoms with Gasteiger partial charge in [-0.2, -0.15) is 0 Å². The van der Waals surface area contributed by atoms with E-state index in [-0.39, 0.29) is 46.2 Å². The highest BCUT2D eigenvalue weighted by Crippen LogP contribution is 2.58. The number of rotatable bonds is 2. The van der Waals surface area contributed by atoms with E-state index < -0.39 is 4.92 Å². The van der Waals surface area contributed by atoms with Gasteiger partial charge in [-0.3, -0.25) is 19.7 Å². The van der Waals surface area contributed by atoms with Crippen molar-refractivity contribution in [3.8, 4) is 0 Å². The fourth-order valence-corrected chi connectivity index (χ4v) is 5.78. The normalized spacial score (nSPS) is 31.1. The average Bonchev–Trinajstić information content (AvgIpc) is 3.32. The highest BCUT2D eigenvalue weighted by molar-refractivity contribution is 6.33. The number of allylic oxidation sites excluding steroid dienone is 4. The monoisotopic (exact) mass is 398 g/mol. The lowest BCUT2D eigenvalue weighted by atomic mass is 9.85. The quantitative estimate of drug-likeness (QED) is 0.319. The maximum Gasteiger partial charge on any atom is 0.288 e. The van der Waals surface area contributed by atoms with Gasteiger partial charge in [-0.1, -0.05) is 41.3 Å². The predicted octanol–water partition coefficient (Wildman–Crippen LogP) is 4.43. The molecule has 3 aliphatic carbocycles. The summed E-state index contributed by atoms with van der Waals surface area (Å²) in [7, 11) is 0. The van der Waals surface area contributed by atoms with Crippen molar-refractivity contribution < 1.29 is 14.5 Å². The van der Waals surface area contributed by atoms with Crippen LogP contribution in [0, 0.1) is 33.8 Å². The van der Waals surface area contributed by atoms with Gasteiger partial charge in [0.2, 0.25) is 11.8 Å². The van der Waals surface area contributed by atoms with Gasteiger partial charge in [0, 0.05) is 17.9 Å². The zero-order valence-electron chi connectivity index (χ0n) is 15.1. The topological polar surface area (TPSA) is 80.5 Å². The number of carbonyl (C=O) groups excluding carboxylic acids is 2. The summed E-state index contributed by atoms with van der Waals surface area (Å²) in [6.07, 6.45) is 9.96. The Morgan fingerprint density at radius 1 is 1.00 bits per heavy atom. The third-order valence-corrected chi connectivity index (χ3v) is 6.97. The number of fused-ring (bicyclic) bond motifs is 5. The van der Waals surface area contributed by atoms with E-state index in [1.165, 1.54) is 53.5 Å². The maximum absolute atomic E-state index is 13.2. The number of nitro benzene ring substituents is 1. The van der Waals surface area contributed by atoms with Gasteiger partial charge >= 0.3 is 0 Å². The third-order valence-electron chi connectivity index (χ3n) is 6.67. The van der Waals surface area contributed by atoms with Gasteiger partial charge in [-0.25, -0.2) is 4.90 Å². The molecule has 1 saturated heterocycles. The molecule has 1 aromatic carbocycles. The van der Waals surface area contributed by atoms with Crippen LogP contribution >= 0.6 is 11.6 Å². The molecule has 5 rings (SSSR count). The van der Waals surface area contributed by atoms with Crippen LogP contribution in [0.25, 0.3) is 0 Å². The number of anilines is 1. The van der Waals surface area contributed by atoms with Crippen LogP contribution in [-0.2, 0) is 9.59 Å². The van der Waals surface area contributed by atoms with Crippen molar-refractivity contribution in [2.45, 2.75) is 32.1 Å². The van der Waals surface area contributed by atoms with Gasteiger partial charge in [-0.15, -0.1) is 0 Å². The fraction of sp³-hybridized carbons (Fsp3) is 0.429. The van der Waals surface area contributed by atoms with Gasteiger partial charge in [0.15, 0.2) is 0 Å². The molecule has 3 fully saturated rings. The van der Waals surface area contributed by atoms with Gasteiger partial charge in [0.05, 0.1) is 22.4 Å². The molecule has 2 saturated carbocycles. The molecule has 6 nitrogen and oxygen atoms in total. The molecule has 1 aliphatic heterocycles. The van der Waals surface area contributed by atoms with Crippen LogP contribution in [0.15, 0.2) is 41.5 Å². The Labute approximate surface area is 167 Å². The van der Waals surface area contributed by atoms with E-state index in [9.17, 15) is 19.7 Å². The Bertz CT molecular complexity index is 941. The van der Waals surface area contributed by atoms with Gasteiger partial charge < -0.3 is 0 Å². The first-order valence-corrected chi connectivity index (χ1v) is 10.1. The van der Waals surface area contributed by atoms with E-state index in [0.717, 1.165) is 12.8 Å². The first-order chi connectivity index (χ1) is 13.5. The van der Waals surface area contributed by atoms with Crippen LogP contribution in [-0.4, -0.2) is 16.7 Å². The minimum atomic E-state index is -0.582. The molecule has 1 aromatic rings. The zero-order chi connectivity index (χ0) is 19.6. The molecular formula is C21H19ClN2O4. The number of hydrogen-bond acceptors (Lipinski definition) is 4. The Balaban J connectivity index is 1.50. The Morgan fingerprint density at radius 2 is 1.61 bits per heavy atom. The van der Waals surface area contributed by atoms with Crippen molar-refractivity contribution in [1.29, 1.82) is 0 Å². The molecule has 0 radical (unpaired) electrons. The summed E-state index contributed by atoms with van der Waals surface area (Å²) in [4.78, 5) is 38.0. The van der Waals surface area contributed by atoms with Crippen LogP contribution in [0.1, 0.15) is 32.1 Å². The highest BCUT2D eigenvalue weighted by Gasteiger charge is 2.62. The minimum Gasteiger partial charge on any atom is -0.274 e. The van der Waals surface area contributed by atoms with E-state index in [2.05, 4.69) is 12.2 Å². The smallest absolute Gasteiger partial charge is 0.274 e. The third kappa shape index (κ3) is 2.33. The first-order valence-electron chi connectivity index (χ1n) is 9.71. The van der Waals surface area contributed by atoms with Gasteiger partial charge in [0.25, 0.3) is 5.69 Å². The Kier molecular flexibility index (Phi) is 3.95. The summed E-state index contributed by atoms with van der Waals surface area (Å²) in [6, 6.07) is 4.01. The predicted molar refractivity (Wildman–Crippen MR) is 104 cm³/mol. The molecule has 0 spiro atoms. The number of benzene rings is 1. The molecule has 0 N–H and O–H groups in total. The molecule has 28 heavy (non-hydrogen) atoms. The van der Waals surface area contributed by atoms with Crippen molar-refractivity contribution in [3.05, 3.63) is 56.6 Å². The van der Waals surface area contributed by atoms with Gasteiger partial charge in [0.1, 0.15) is 5.02 Å². The molecular weight excluding hydrogens is 380 g/mol. The lowest BCUT2D eigenvalue weighted by molar-refractivity contribution is -0.384. The summed E-state index contributed by atoms with van der Waals surface area (Å²) in [5, 5.41) is 10.9. The van der Waals surface area contributed by atoms with Crippen molar-refractivity contribution in [1.82, 2.24) is 0 Å². The molecule has 2 bridgehead atoms. The molecule has 2 amide bonds. The van der Waals surface area contributed by atoms with Crippen molar-refractivity contribution in [2.75, 3.05) is 4.90 Å². The maximum atomic E-state index is 13.2. The number of halogens is 1. The van der Waals surface area contributed by atoms with Crippen LogP contribution in [0.2, 0.25) is 5.02 Å². The van der Waals surface area contributed by atoms with Crippen molar-refractivity contribution in [3.63, 3.8) is 0 Å². The van der Waals surface area contributed by atoms with E-state index in [1.54, 1.807) is 0 Å². The van der Waals surface area contributed by atoms with E-state index in [0.29, 0.717) is 5.69 Å². The standard InChI is InChI=1S/C21H19ClN2O4/c22-15-10-12(6-9-16(15)24(27)28)23-20(25)18-13-7-8-14(19(18)21(23)26)17(13)11-4-2-1-3-5-11/h6-10,13-14,18-19H,1-5H2/t13-,14-,18-,19-/m0/s1. The van der Waals surface area contributed by atoms with Crippen LogP contribution in [0.4, 0.5) is 11.4 Å². The number of hydrogen-bond donors (Lipinski definition) is 0. The average molecular weight is 399 g/mol. The number of nitrogens with zero attached hydrogens (tertiary/aromatic N) is 2. The second-order valence-corrected chi connectivity index (χ2v) is 8.42. The summed E-state index contributed by atoms with van der Waals surface area (Å²) >= 11 is 6.00. The number of amides is 2. The molecule has 4 aliphatic rings. The molecule has 1 heterocycles. The van der Waals surface area contributed by atoms with Crippen LogP contribution < -0.4 is 4.90 Å². The summed E-state index contributed by atoms with van der Waals surface area (Å²) < 4.78 is 0. The molecule has 0 unspecified atom stereocenters. The molecule has 0 aromatic heterocycles. The minimum absolute atomic E-state index is 0.0121. The van der Waals surface area contributed by atoms with E-state index in [4.69, 9.17) is 11.6 Å². The summed E-state index contributed by atoms with van der Waals surface area (Å²) in [5.74, 6) is -1.13. The summed E-state index contributed by atoms with van der Waals surface area (Å²) in [5.41, 5.74) is 2.84. The molecule has 4 atom stereocenters. The van der Waals surface area contributed by atoms with Gasteiger partial charge in [-0.05, 0) is 37.8 Å². The van der Waals surface area contributed by atoms with E-state index in [1.807, 2.05) is 0 Å². The first kappa shape index (κ1) is 17.6. The SMILES string of the molecule is O=C1[C@@H]2[C@@H](C(=O)N1c1ccc([N+](=O)[O-])c(Cl)c1)[C@H]1C=C[C@H]2C1=C1CCCCC1. The lowest BCUT2D eigenvalue weighted by Crippen LogP contribution is -2.33. The Morgan fingerprint density at radius 3 is 2.14 bits per heavy atom. The zero-order valence-corrected chi connectivity index (χ0v) is 15.9. The van der Waals surface area contributed by atoms with Crippen molar-refractivity contribution in [2.24, 2.45) is 23.7 Å². The second-order valence-electron chi connectivity index (χ2n) is 8.01. The second kappa shape index (κ2) is 6.27. The fourth-order valence-electron chi connectivity index (χ4n) is 5.54. The summed E-state index contributed by atoms with van der Waals surface area (Å²) in [6.45, 7) is 0.